The molecule has 2 N–H and O–H groups in total. The van der Waals surface area contributed by atoms with Crippen molar-refractivity contribution >= 4 is 45.0 Å². The Balaban J connectivity index is 1.49. The highest BCUT2D eigenvalue weighted by molar-refractivity contribution is 7.99. The summed E-state index contributed by atoms with van der Waals surface area (Å²) < 4.78 is 28.5. The first-order valence-electron chi connectivity index (χ1n) is 10.8. The minimum absolute atomic E-state index is 0.0102. The van der Waals surface area contributed by atoms with Crippen LogP contribution in [0.2, 0.25) is 0 Å². The second-order valence-electron chi connectivity index (χ2n) is 8.11. The molecule has 2 aliphatic rings. The van der Waals surface area contributed by atoms with Crippen molar-refractivity contribution in [2.24, 2.45) is 5.92 Å². The summed E-state index contributed by atoms with van der Waals surface area (Å²) in [6, 6.07) is 12.0. The van der Waals surface area contributed by atoms with Crippen molar-refractivity contribution < 1.29 is 18.0 Å². The molecule has 170 valence electrons. The minimum Gasteiger partial charge on any atom is -0.343 e. The van der Waals surface area contributed by atoms with E-state index >= 15 is 0 Å². The van der Waals surface area contributed by atoms with Crippen LogP contribution in [0.15, 0.2) is 52.3 Å². The molecule has 9 heteroatoms. The molecule has 0 saturated carbocycles. The molecular formula is C23H27N3O4S2. The maximum atomic E-state index is 12.9. The van der Waals surface area contributed by atoms with E-state index in [1.54, 1.807) is 24.3 Å². The fraction of sp³-hybridized carbons (Fsp3) is 0.391. The molecule has 7 nitrogen and oxygen atoms in total. The number of amides is 2. The predicted octanol–water partition coefficient (Wildman–Crippen LogP) is 3.72. The fourth-order valence-corrected chi connectivity index (χ4v) is 6.08. The van der Waals surface area contributed by atoms with Gasteiger partial charge in [0.25, 0.3) is 10.0 Å². The summed E-state index contributed by atoms with van der Waals surface area (Å²) >= 11 is 1.46. The number of nitrogens with zero attached hydrogens (tertiary/aromatic N) is 1. The molecule has 2 aliphatic heterocycles. The van der Waals surface area contributed by atoms with Crippen LogP contribution in [-0.4, -0.2) is 44.0 Å². The standard InChI is InChI=1S/C23H27N3O4S2/c1-2-16-6-5-7-18(12-16)25-32(29,30)19-8-9-21-20(14-19)24-23(28)17(15-31-21)13-22(27)26-10-3-4-11-26/h5-9,12,14,17,25H,2-4,10-11,13,15H2,1H3,(H,24,28)/t17-/m1/s1. The highest BCUT2D eigenvalue weighted by Gasteiger charge is 2.30. The van der Waals surface area contributed by atoms with Gasteiger partial charge in [0, 0.05) is 35.8 Å². The van der Waals surface area contributed by atoms with E-state index in [2.05, 4.69) is 10.0 Å². The van der Waals surface area contributed by atoms with E-state index in [0.29, 0.717) is 17.1 Å². The number of carbonyl (C=O) groups excluding carboxylic acids is 2. The van der Waals surface area contributed by atoms with Crippen LogP contribution < -0.4 is 10.0 Å². The van der Waals surface area contributed by atoms with E-state index in [9.17, 15) is 18.0 Å². The van der Waals surface area contributed by atoms with Crippen LogP contribution in [0.4, 0.5) is 11.4 Å². The van der Waals surface area contributed by atoms with E-state index in [4.69, 9.17) is 0 Å². The molecular weight excluding hydrogens is 446 g/mol. The number of fused-ring (bicyclic) bond motifs is 1. The first-order valence-corrected chi connectivity index (χ1v) is 13.3. The third-order valence-corrected chi connectivity index (χ3v) is 8.41. The van der Waals surface area contributed by atoms with Gasteiger partial charge in [-0.15, -0.1) is 11.8 Å². The normalized spacial score (nSPS) is 18.6. The second kappa shape index (κ2) is 9.54. The Morgan fingerprint density at radius 3 is 2.72 bits per heavy atom. The molecule has 0 aromatic heterocycles. The Bertz CT molecular complexity index is 1130. The van der Waals surface area contributed by atoms with Crippen molar-refractivity contribution in [2.75, 3.05) is 28.9 Å². The second-order valence-corrected chi connectivity index (χ2v) is 10.9. The number of likely N-dealkylation sites (tertiary alicyclic amines) is 1. The molecule has 1 saturated heterocycles. The molecule has 4 rings (SSSR count). The van der Waals surface area contributed by atoms with Gasteiger partial charge in [0.05, 0.1) is 16.5 Å². The number of benzene rings is 2. The molecule has 0 spiro atoms. The quantitative estimate of drug-likeness (QED) is 0.667. The highest BCUT2D eigenvalue weighted by atomic mass is 32.2. The van der Waals surface area contributed by atoms with Gasteiger partial charge in [-0.25, -0.2) is 8.42 Å². The summed E-state index contributed by atoms with van der Waals surface area (Å²) in [5, 5.41) is 2.84. The van der Waals surface area contributed by atoms with Crippen LogP contribution >= 0.6 is 11.8 Å². The number of rotatable bonds is 6. The van der Waals surface area contributed by atoms with Gasteiger partial charge < -0.3 is 10.2 Å². The Morgan fingerprint density at radius 2 is 1.97 bits per heavy atom. The van der Waals surface area contributed by atoms with E-state index < -0.39 is 15.9 Å². The van der Waals surface area contributed by atoms with Gasteiger partial charge in [-0.05, 0) is 55.2 Å². The maximum Gasteiger partial charge on any atom is 0.261 e. The van der Waals surface area contributed by atoms with Crippen molar-refractivity contribution in [2.45, 2.75) is 42.4 Å². The van der Waals surface area contributed by atoms with Gasteiger partial charge in [-0.1, -0.05) is 19.1 Å². The average molecular weight is 474 g/mol. The highest BCUT2D eigenvalue weighted by Crippen LogP contribution is 2.35. The van der Waals surface area contributed by atoms with Crippen LogP contribution in [0.1, 0.15) is 31.7 Å². The number of sulfonamides is 1. The lowest BCUT2D eigenvalue weighted by Gasteiger charge is -2.18. The van der Waals surface area contributed by atoms with Gasteiger partial charge in [0.15, 0.2) is 0 Å². The average Bonchev–Trinajstić information content (AvgIpc) is 3.27. The van der Waals surface area contributed by atoms with Gasteiger partial charge in [-0.3, -0.25) is 14.3 Å². The Labute approximate surface area is 193 Å². The zero-order chi connectivity index (χ0) is 22.7. The lowest BCUT2D eigenvalue weighted by atomic mass is 10.1. The largest absolute Gasteiger partial charge is 0.343 e. The summed E-state index contributed by atoms with van der Waals surface area (Å²) in [5.74, 6) is -0.208. The summed E-state index contributed by atoms with van der Waals surface area (Å²) in [7, 11) is -3.82. The van der Waals surface area contributed by atoms with Crippen LogP contribution in [0, 0.1) is 5.92 Å². The molecule has 2 aromatic carbocycles. The third-order valence-electron chi connectivity index (χ3n) is 5.80. The molecule has 32 heavy (non-hydrogen) atoms. The predicted molar refractivity (Wildman–Crippen MR) is 126 cm³/mol. The van der Waals surface area contributed by atoms with Gasteiger partial charge in [0.1, 0.15) is 0 Å². The van der Waals surface area contributed by atoms with Gasteiger partial charge >= 0.3 is 0 Å². The van der Waals surface area contributed by atoms with E-state index in [1.807, 2.05) is 24.0 Å². The first kappa shape index (κ1) is 22.7. The van der Waals surface area contributed by atoms with Crippen LogP contribution in [0.3, 0.4) is 0 Å². The van der Waals surface area contributed by atoms with Crippen LogP contribution in [0.25, 0.3) is 0 Å². The smallest absolute Gasteiger partial charge is 0.261 e. The summed E-state index contributed by atoms with van der Waals surface area (Å²) in [6.07, 6.45) is 3.00. The number of thioether (sulfide) groups is 1. The minimum atomic E-state index is -3.82. The van der Waals surface area contributed by atoms with E-state index in [-0.39, 0.29) is 23.1 Å². The van der Waals surface area contributed by atoms with Crippen LogP contribution in [0.5, 0.6) is 0 Å². The molecule has 2 amide bonds. The zero-order valence-electron chi connectivity index (χ0n) is 18.0. The molecule has 0 aliphatic carbocycles. The zero-order valence-corrected chi connectivity index (χ0v) is 19.6. The number of aryl methyl sites for hydroxylation is 1. The molecule has 1 fully saturated rings. The lowest BCUT2D eigenvalue weighted by Crippen LogP contribution is -2.33. The first-order chi connectivity index (χ1) is 15.4. The lowest BCUT2D eigenvalue weighted by molar-refractivity contribution is -0.133. The Morgan fingerprint density at radius 1 is 1.19 bits per heavy atom. The van der Waals surface area contributed by atoms with Crippen molar-refractivity contribution in [3.63, 3.8) is 0 Å². The number of hydrogen-bond donors (Lipinski definition) is 2. The summed E-state index contributed by atoms with van der Waals surface area (Å²) in [4.78, 5) is 28.0. The van der Waals surface area contributed by atoms with E-state index in [0.717, 1.165) is 42.8 Å². The van der Waals surface area contributed by atoms with Crippen molar-refractivity contribution in [3.8, 4) is 0 Å². The van der Waals surface area contributed by atoms with Gasteiger partial charge in [-0.2, -0.15) is 0 Å². The molecule has 2 heterocycles. The van der Waals surface area contributed by atoms with Crippen molar-refractivity contribution in [1.29, 1.82) is 0 Å². The number of nitrogens with one attached hydrogen (secondary N) is 2. The topological polar surface area (TPSA) is 95.6 Å². The number of carbonyl (C=O) groups is 2. The maximum absolute atomic E-state index is 12.9. The molecule has 0 bridgehead atoms. The summed E-state index contributed by atoms with van der Waals surface area (Å²) in [6.45, 7) is 3.53. The Kier molecular flexibility index (Phi) is 6.76. The molecule has 2 aromatic rings. The Hall–Kier alpha value is -2.52. The molecule has 0 unspecified atom stereocenters. The van der Waals surface area contributed by atoms with E-state index in [1.165, 1.54) is 17.8 Å². The summed E-state index contributed by atoms with van der Waals surface area (Å²) in [5.41, 5.74) is 1.99. The fourth-order valence-electron chi connectivity index (χ4n) is 3.93. The SMILES string of the molecule is CCc1cccc(NS(=O)(=O)c2ccc3c(c2)NC(=O)[C@H](CC(=O)N2CCCC2)CS3)c1. The molecule has 1 atom stereocenters. The van der Waals surface area contributed by atoms with Crippen LogP contribution in [-0.2, 0) is 26.0 Å². The van der Waals surface area contributed by atoms with Crippen molar-refractivity contribution in [1.82, 2.24) is 4.90 Å². The number of hydrogen-bond acceptors (Lipinski definition) is 5. The monoisotopic (exact) mass is 473 g/mol. The van der Waals surface area contributed by atoms with Gasteiger partial charge in [0.2, 0.25) is 11.8 Å². The third kappa shape index (κ3) is 5.10. The van der Waals surface area contributed by atoms with Crippen molar-refractivity contribution in [3.05, 3.63) is 48.0 Å². The molecule has 0 radical (unpaired) electrons. The number of anilines is 2.